The van der Waals surface area contributed by atoms with Crippen molar-refractivity contribution in [2.45, 2.75) is 12.8 Å². The number of halogens is 2. The molecule has 2 N–H and O–H groups in total. The summed E-state index contributed by atoms with van der Waals surface area (Å²) in [5.74, 6) is 0.327. The van der Waals surface area contributed by atoms with E-state index in [1.165, 1.54) is 11.1 Å². The maximum Gasteiger partial charge on any atom is 0.256 e. The Labute approximate surface area is 201 Å². The molecule has 9 heteroatoms. The van der Waals surface area contributed by atoms with Gasteiger partial charge in [0.15, 0.2) is 0 Å². The van der Waals surface area contributed by atoms with Crippen molar-refractivity contribution in [2.24, 2.45) is 0 Å². The van der Waals surface area contributed by atoms with Gasteiger partial charge in [0.2, 0.25) is 12.3 Å². The van der Waals surface area contributed by atoms with Gasteiger partial charge in [-0.2, -0.15) is 0 Å². The summed E-state index contributed by atoms with van der Waals surface area (Å²) in [5, 5.41) is 12.8. The number of pyridine rings is 1. The van der Waals surface area contributed by atoms with E-state index in [9.17, 15) is 9.59 Å². The zero-order valence-corrected chi connectivity index (χ0v) is 19.4. The molecule has 1 heterocycles. The maximum atomic E-state index is 13.4. The van der Waals surface area contributed by atoms with E-state index < -0.39 is 0 Å². The van der Waals surface area contributed by atoms with Crippen LogP contribution in [0.1, 0.15) is 27.9 Å². The highest BCUT2D eigenvalue weighted by molar-refractivity contribution is 6.30. The first-order chi connectivity index (χ1) is 15.9. The molecule has 0 aliphatic rings. The van der Waals surface area contributed by atoms with Crippen molar-refractivity contribution >= 4 is 41.2 Å². The SMILES string of the molecule is CN(CCCO)C(=O)c1c(NC=O)cnc(Oc2cccc(Cl)c2)c1Cc1ccc(Cl)cc1. The number of aliphatic hydroxyl groups excluding tert-OH is 1. The number of rotatable bonds is 10. The number of anilines is 1. The van der Waals surface area contributed by atoms with Crippen LogP contribution in [0.4, 0.5) is 5.69 Å². The number of aromatic nitrogens is 1. The molecule has 3 aromatic rings. The molecular weight excluding hydrogens is 465 g/mol. The van der Waals surface area contributed by atoms with Crippen molar-refractivity contribution in [3.05, 3.63) is 81.5 Å². The van der Waals surface area contributed by atoms with Gasteiger partial charge in [-0.3, -0.25) is 9.59 Å². The highest BCUT2D eigenvalue weighted by atomic mass is 35.5. The van der Waals surface area contributed by atoms with Crippen molar-refractivity contribution in [3.8, 4) is 11.6 Å². The van der Waals surface area contributed by atoms with Crippen LogP contribution in [0.15, 0.2) is 54.7 Å². The van der Waals surface area contributed by atoms with Crippen LogP contribution in [-0.2, 0) is 11.2 Å². The number of ether oxygens (including phenoxy) is 1. The van der Waals surface area contributed by atoms with Gasteiger partial charge in [-0.15, -0.1) is 0 Å². The topological polar surface area (TPSA) is 91.8 Å². The molecule has 0 aliphatic carbocycles. The van der Waals surface area contributed by atoms with Crippen molar-refractivity contribution in [1.82, 2.24) is 9.88 Å². The summed E-state index contributed by atoms with van der Waals surface area (Å²) in [6.45, 7) is 0.289. The van der Waals surface area contributed by atoms with Crippen LogP contribution >= 0.6 is 23.2 Å². The Hall–Kier alpha value is -3.13. The van der Waals surface area contributed by atoms with E-state index in [0.717, 1.165) is 5.56 Å². The molecule has 33 heavy (non-hydrogen) atoms. The van der Waals surface area contributed by atoms with Crippen molar-refractivity contribution in [3.63, 3.8) is 0 Å². The molecule has 0 unspecified atom stereocenters. The molecule has 3 rings (SSSR count). The molecule has 7 nitrogen and oxygen atoms in total. The predicted octanol–water partition coefficient (Wildman–Crippen LogP) is 4.79. The minimum atomic E-state index is -0.338. The lowest BCUT2D eigenvalue weighted by molar-refractivity contribution is -0.105. The summed E-state index contributed by atoms with van der Waals surface area (Å²) in [5.41, 5.74) is 1.87. The second-order valence-electron chi connectivity index (χ2n) is 7.26. The van der Waals surface area contributed by atoms with E-state index in [2.05, 4.69) is 10.3 Å². The standard InChI is InChI=1S/C24H23Cl2N3O4/c1-29(10-3-11-30)24(32)22-20(12-16-6-8-17(25)9-7-16)23(27-14-21(22)28-15-31)33-19-5-2-4-18(26)13-19/h2,4-9,13-15,30H,3,10-12H2,1H3,(H,28,31). The Morgan fingerprint density at radius 2 is 1.94 bits per heavy atom. The zero-order valence-electron chi connectivity index (χ0n) is 17.9. The average Bonchev–Trinajstić information content (AvgIpc) is 2.80. The second-order valence-corrected chi connectivity index (χ2v) is 8.13. The summed E-state index contributed by atoms with van der Waals surface area (Å²) < 4.78 is 6.02. The van der Waals surface area contributed by atoms with Gasteiger partial charge < -0.3 is 20.1 Å². The van der Waals surface area contributed by atoms with Gasteiger partial charge in [-0.25, -0.2) is 4.98 Å². The molecule has 0 radical (unpaired) electrons. The molecule has 2 amide bonds. The highest BCUT2D eigenvalue weighted by Crippen LogP contribution is 2.33. The van der Waals surface area contributed by atoms with Gasteiger partial charge in [0.25, 0.3) is 5.91 Å². The van der Waals surface area contributed by atoms with Crippen molar-refractivity contribution < 1.29 is 19.4 Å². The Morgan fingerprint density at radius 3 is 2.61 bits per heavy atom. The minimum Gasteiger partial charge on any atom is -0.439 e. The Balaban J connectivity index is 2.13. The van der Waals surface area contributed by atoms with Crippen LogP contribution in [-0.4, -0.2) is 47.5 Å². The molecule has 0 bridgehead atoms. The largest absolute Gasteiger partial charge is 0.439 e. The molecule has 0 saturated carbocycles. The third-order valence-corrected chi connectivity index (χ3v) is 5.36. The van der Waals surface area contributed by atoms with Crippen LogP contribution in [0.5, 0.6) is 11.6 Å². The number of nitrogens with one attached hydrogen (secondary N) is 1. The molecule has 2 aromatic carbocycles. The van der Waals surface area contributed by atoms with Gasteiger partial charge in [-0.1, -0.05) is 41.4 Å². The van der Waals surface area contributed by atoms with E-state index >= 15 is 0 Å². The van der Waals surface area contributed by atoms with Crippen LogP contribution in [0.3, 0.4) is 0 Å². The molecule has 0 saturated heterocycles. The van der Waals surface area contributed by atoms with E-state index in [1.807, 2.05) is 12.1 Å². The molecule has 172 valence electrons. The monoisotopic (exact) mass is 487 g/mol. The number of carbonyl (C=O) groups excluding carboxylic acids is 2. The number of aliphatic hydroxyl groups is 1. The Morgan fingerprint density at radius 1 is 1.18 bits per heavy atom. The number of carbonyl (C=O) groups is 2. The lowest BCUT2D eigenvalue weighted by Crippen LogP contribution is -2.30. The van der Waals surface area contributed by atoms with Gasteiger partial charge >= 0.3 is 0 Å². The Bertz CT molecular complexity index is 1120. The second kappa shape index (κ2) is 11.7. The first kappa shape index (κ1) is 24.5. The fourth-order valence-corrected chi connectivity index (χ4v) is 3.56. The number of nitrogens with zero attached hydrogens (tertiary/aromatic N) is 2. The molecule has 0 fully saturated rings. The minimum absolute atomic E-state index is 0.0475. The van der Waals surface area contributed by atoms with E-state index in [4.69, 9.17) is 33.0 Å². The number of hydrogen-bond donors (Lipinski definition) is 2. The van der Waals surface area contributed by atoms with Gasteiger partial charge in [0.1, 0.15) is 5.75 Å². The smallest absolute Gasteiger partial charge is 0.256 e. The van der Waals surface area contributed by atoms with Crippen LogP contribution in [0.25, 0.3) is 0 Å². The maximum absolute atomic E-state index is 13.4. The van der Waals surface area contributed by atoms with Gasteiger partial charge in [0.05, 0.1) is 17.4 Å². The third kappa shape index (κ3) is 6.44. The molecule has 1 aromatic heterocycles. The van der Waals surface area contributed by atoms with Crippen LogP contribution in [0, 0.1) is 0 Å². The Kier molecular flexibility index (Phi) is 8.65. The van der Waals surface area contributed by atoms with E-state index in [0.29, 0.717) is 47.2 Å². The van der Waals surface area contributed by atoms with Crippen LogP contribution < -0.4 is 10.1 Å². The first-order valence-corrected chi connectivity index (χ1v) is 10.9. The number of benzene rings is 2. The van der Waals surface area contributed by atoms with Gasteiger partial charge in [-0.05, 0) is 42.3 Å². The van der Waals surface area contributed by atoms with Crippen molar-refractivity contribution in [1.29, 1.82) is 0 Å². The summed E-state index contributed by atoms with van der Waals surface area (Å²) in [4.78, 5) is 30.5. The molecular formula is C24H23Cl2N3O4. The fraction of sp³-hybridized carbons (Fsp3) is 0.208. The molecule has 0 aliphatic heterocycles. The molecule has 0 atom stereocenters. The van der Waals surface area contributed by atoms with Gasteiger partial charge in [0, 0.05) is 42.2 Å². The summed E-state index contributed by atoms with van der Waals surface area (Å²) in [6.07, 6.45) is 2.59. The van der Waals surface area contributed by atoms with E-state index in [-0.39, 0.29) is 29.6 Å². The quantitative estimate of drug-likeness (QED) is 0.401. The summed E-state index contributed by atoms with van der Waals surface area (Å²) in [7, 11) is 1.63. The normalized spacial score (nSPS) is 10.5. The lowest BCUT2D eigenvalue weighted by Gasteiger charge is -2.22. The zero-order chi connectivity index (χ0) is 23.8. The number of hydrogen-bond acceptors (Lipinski definition) is 5. The fourth-order valence-electron chi connectivity index (χ4n) is 3.25. The highest BCUT2D eigenvalue weighted by Gasteiger charge is 2.25. The average molecular weight is 488 g/mol. The third-order valence-electron chi connectivity index (χ3n) is 4.87. The summed E-state index contributed by atoms with van der Waals surface area (Å²) >= 11 is 12.1. The number of amides is 2. The lowest BCUT2D eigenvalue weighted by atomic mass is 9.98. The summed E-state index contributed by atoms with van der Waals surface area (Å²) in [6, 6.07) is 14.0. The van der Waals surface area contributed by atoms with Crippen molar-refractivity contribution in [2.75, 3.05) is 25.5 Å². The molecule has 0 spiro atoms. The first-order valence-electron chi connectivity index (χ1n) is 10.2. The van der Waals surface area contributed by atoms with E-state index in [1.54, 1.807) is 43.4 Å². The predicted molar refractivity (Wildman–Crippen MR) is 128 cm³/mol. The van der Waals surface area contributed by atoms with Crippen LogP contribution in [0.2, 0.25) is 10.0 Å².